The number of hydrogen-bond acceptors (Lipinski definition) is 4. The number of anilines is 4. The topological polar surface area (TPSA) is 74.3 Å². The first-order valence-corrected chi connectivity index (χ1v) is 9.53. The Morgan fingerprint density at radius 3 is 2.31 bits per heavy atom. The first kappa shape index (κ1) is 18.7. The molecule has 2 aromatic carbocycles. The van der Waals surface area contributed by atoms with Gasteiger partial charge in [0.05, 0.1) is 11.9 Å². The maximum Gasteiger partial charge on any atom is 0.274 e. The van der Waals surface area contributed by atoms with Crippen LogP contribution in [-0.2, 0) is 11.2 Å². The molecule has 6 heteroatoms. The normalized spacial score (nSPS) is 15.0. The highest BCUT2D eigenvalue weighted by Crippen LogP contribution is 2.37. The number of benzene rings is 2. The Hall–Kier alpha value is -3.67. The molecule has 0 fully saturated rings. The number of pyridine rings is 1. The van der Waals surface area contributed by atoms with Crippen LogP contribution >= 0.6 is 0 Å². The van der Waals surface area contributed by atoms with Gasteiger partial charge in [-0.05, 0) is 61.4 Å². The molecule has 1 unspecified atom stereocenters. The van der Waals surface area contributed by atoms with E-state index >= 15 is 0 Å². The Bertz CT molecular complexity index is 1050. The zero-order valence-corrected chi connectivity index (χ0v) is 16.3. The summed E-state index contributed by atoms with van der Waals surface area (Å²) < 4.78 is 0. The minimum Gasteiger partial charge on any atom is -0.337 e. The van der Waals surface area contributed by atoms with Crippen LogP contribution in [0.3, 0.4) is 0 Å². The molecule has 0 radical (unpaired) electrons. The van der Waals surface area contributed by atoms with E-state index in [1.807, 2.05) is 12.1 Å². The summed E-state index contributed by atoms with van der Waals surface area (Å²) in [6, 6.07) is 19.3. The molecular weight excluding hydrogens is 364 g/mol. The largest absolute Gasteiger partial charge is 0.337 e. The molecular formula is C23H22N4O2. The van der Waals surface area contributed by atoms with Gasteiger partial charge in [-0.1, -0.05) is 18.2 Å². The van der Waals surface area contributed by atoms with Crippen molar-refractivity contribution in [3.05, 3.63) is 78.1 Å². The molecule has 29 heavy (non-hydrogen) atoms. The number of aromatic nitrogens is 1. The number of rotatable bonds is 4. The summed E-state index contributed by atoms with van der Waals surface area (Å²) in [5.41, 5.74) is 5.15. The van der Waals surface area contributed by atoms with E-state index < -0.39 is 0 Å². The predicted octanol–water partition coefficient (Wildman–Crippen LogP) is 4.38. The fraction of sp³-hybridized carbons (Fsp3) is 0.174. The lowest BCUT2D eigenvalue weighted by Gasteiger charge is -2.24. The van der Waals surface area contributed by atoms with Gasteiger partial charge in [0.15, 0.2) is 0 Å². The fourth-order valence-corrected chi connectivity index (χ4v) is 3.66. The quantitative estimate of drug-likeness (QED) is 0.698. The Morgan fingerprint density at radius 2 is 1.66 bits per heavy atom. The summed E-state index contributed by atoms with van der Waals surface area (Å²) >= 11 is 0. The standard InChI is InChI=1S/C23H22N4O2/c1-15-13-17-5-3-4-6-22(17)27(15)20-11-12-21(24-14-20)23(29)26-19-9-7-18(8-10-19)25-16(2)28/h3-12,14-15H,13H2,1-2H3,(H,25,28)(H,26,29). The highest BCUT2D eigenvalue weighted by atomic mass is 16.2. The van der Waals surface area contributed by atoms with Gasteiger partial charge in [0.25, 0.3) is 5.91 Å². The molecule has 0 aliphatic carbocycles. The van der Waals surface area contributed by atoms with Gasteiger partial charge in [0, 0.05) is 30.0 Å². The van der Waals surface area contributed by atoms with Crippen LogP contribution in [0.4, 0.5) is 22.7 Å². The van der Waals surface area contributed by atoms with E-state index in [4.69, 9.17) is 0 Å². The number of nitrogens with one attached hydrogen (secondary N) is 2. The fourth-order valence-electron chi connectivity index (χ4n) is 3.66. The van der Waals surface area contributed by atoms with Crippen molar-refractivity contribution >= 4 is 34.6 Å². The molecule has 2 heterocycles. The van der Waals surface area contributed by atoms with Crippen molar-refractivity contribution in [2.24, 2.45) is 0 Å². The van der Waals surface area contributed by atoms with Crippen molar-refractivity contribution in [1.82, 2.24) is 4.98 Å². The molecule has 1 atom stereocenters. The van der Waals surface area contributed by atoms with Crippen LogP contribution in [0.15, 0.2) is 66.9 Å². The third-order valence-electron chi connectivity index (χ3n) is 4.93. The SMILES string of the molecule is CC(=O)Nc1ccc(NC(=O)c2ccc(N3c4ccccc4CC3C)cn2)cc1. The van der Waals surface area contributed by atoms with Gasteiger partial charge in [-0.2, -0.15) is 0 Å². The number of amides is 2. The summed E-state index contributed by atoms with van der Waals surface area (Å²) in [7, 11) is 0. The van der Waals surface area contributed by atoms with Gasteiger partial charge in [-0.3, -0.25) is 9.59 Å². The molecule has 146 valence electrons. The highest BCUT2D eigenvalue weighted by Gasteiger charge is 2.27. The van der Waals surface area contributed by atoms with Crippen LogP contribution in [0.2, 0.25) is 0 Å². The van der Waals surface area contributed by atoms with E-state index in [2.05, 4.69) is 45.6 Å². The van der Waals surface area contributed by atoms with Crippen LogP contribution < -0.4 is 15.5 Å². The Balaban J connectivity index is 1.47. The van der Waals surface area contributed by atoms with Crippen molar-refractivity contribution in [1.29, 1.82) is 0 Å². The van der Waals surface area contributed by atoms with Crippen molar-refractivity contribution < 1.29 is 9.59 Å². The number of para-hydroxylation sites is 1. The summed E-state index contributed by atoms with van der Waals surface area (Å²) in [5, 5.41) is 5.52. The number of carbonyl (C=O) groups excluding carboxylic acids is 2. The third-order valence-corrected chi connectivity index (χ3v) is 4.93. The average molecular weight is 386 g/mol. The lowest BCUT2D eigenvalue weighted by atomic mass is 10.1. The molecule has 1 aliphatic rings. The number of hydrogen-bond donors (Lipinski definition) is 2. The molecule has 0 saturated heterocycles. The zero-order valence-electron chi connectivity index (χ0n) is 16.3. The number of fused-ring (bicyclic) bond motifs is 1. The van der Waals surface area contributed by atoms with Gasteiger partial charge in [-0.15, -0.1) is 0 Å². The van der Waals surface area contributed by atoms with Crippen molar-refractivity contribution in [2.75, 3.05) is 15.5 Å². The monoisotopic (exact) mass is 386 g/mol. The maximum absolute atomic E-state index is 12.5. The van der Waals surface area contributed by atoms with E-state index in [1.165, 1.54) is 18.2 Å². The minimum atomic E-state index is -0.279. The van der Waals surface area contributed by atoms with Gasteiger partial charge in [0.2, 0.25) is 5.91 Å². The molecule has 0 spiro atoms. The Morgan fingerprint density at radius 1 is 0.966 bits per heavy atom. The minimum absolute atomic E-state index is 0.138. The molecule has 1 aromatic heterocycles. The molecule has 6 nitrogen and oxygen atoms in total. The second kappa shape index (κ2) is 7.75. The second-order valence-electron chi connectivity index (χ2n) is 7.17. The molecule has 1 aliphatic heterocycles. The van der Waals surface area contributed by atoms with Crippen molar-refractivity contribution in [3.63, 3.8) is 0 Å². The average Bonchev–Trinajstić information content (AvgIpc) is 3.05. The molecule has 2 N–H and O–H groups in total. The van der Waals surface area contributed by atoms with Crippen molar-refractivity contribution in [2.45, 2.75) is 26.3 Å². The molecule has 3 aromatic rings. The number of carbonyl (C=O) groups is 2. The summed E-state index contributed by atoms with van der Waals surface area (Å²) in [6.07, 6.45) is 2.74. The van der Waals surface area contributed by atoms with Crippen LogP contribution in [0, 0.1) is 0 Å². The first-order valence-electron chi connectivity index (χ1n) is 9.53. The summed E-state index contributed by atoms with van der Waals surface area (Å²) in [5.74, 6) is -0.417. The molecule has 0 bridgehead atoms. The Kier molecular flexibility index (Phi) is 4.99. The third kappa shape index (κ3) is 3.96. The lowest BCUT2D eigenvalue weighted by Crippen LogP contribution is -2.24. The smallest absolute Gasteiger partial charge is 0.274 e. The lowest BCUT2D eigenvalue weighted by molar-refractivity contribution is -0.114. The second-order valence-corrected chi connectivity index (χ2v) is 7.17. The van der Waals surface area contributed by atoms with E-state index in [1.54, 1.807) is 36.5 Å². The van der Waals surface area contributed by atoms with Gasteiger partial charge < -0.3 is 15.5 Å². The zero-order chi connectivity index (χ0) is 20.4. The molecule has 2 amide bonds. The number of nitrogens with zero attached hydrogens (tertiary/aromatic N) is 2. The highest BCUT2D eigenvalue weighted by molar-refractivity contribution is 6.03. The van der Waals surface area contributed by atoms with E-state index in [0.29, 0.717) is 23.1 Å². The van der Waals surface area contributed by atoms with Crippen LogP contribution in [0.1, 0.15) is 29.9 Å². The van der Waals surface area contributed by atoms with Gasteiger partial charge in [0.1, 0.15) is 5.69 Å². The summed E-state index contributed by atoms with van der Waals surface area (Å²) in [6.45, 7) is 3.64. The van der Waals surface area contributed by atoms with E-state index in [-0.39, 0.29) is 11.8 Å². The van der Waals surface area contributed by atoms with Gasteiger partial charge in [-0.25, -0.2) is 4.98 Å². The van der Waals surface area contributed by atoms with Crippen LogP contribution in [0.25, 0.3) is 0 Å². The maximum atomic E-state index is 12.5. The van der Waals surface area contributed by atoms with Crippen LogP contribution in [-0.4, -0.2) is 22.8 Å². The van der Waals surface area contributed by atoms with Gasteiger partial charge >= 0.3 is 0 Å². The summed E-state index contributed by atoms with van der Waals surface area (Å²) in [4.78, 5) is 30.2. The van der Waals surface area contributed by atoms with Crippen LogP contribution in [0.5, 0.6) is 0 Å². The molecule has 4 rings (SSSR count). The van der Waals surface area contributed by atoms with E-state index in [9.17, 15) is 9.59 Å². The predicted molar refractivity (Wildman–Crippen MR) is 115 cm³/mol. The molecule has 0 saturated carbocycles. The van der Waals surface area contributed by atoms with Crippen molar-refractivity contribution in [3.8, 4) is 0 Å². The van der Waals surface area contributed by atoms with E-state index in [0.717, 1.165) is 12.1 Å². The first-order chi connectivity index (χ1) is 14.0. The Labute approximate surface area is 169 Å².